The van der Waals surface area contributed by atoms with Gasteiger partial charge in [0, 0.05) is 12.0 Å². The first kappa shape index (κ1) is 22.0. The Morgan fingerprint density at radius 3 is 2.39 bits per heavy atom. The second kappa shape index (κ2) is 10.4. The number of aryl methyl sites for hydroxylation is 2. The Labute approximate surface area is 180 Å². The van der Waals surface area contributed by atoms with Gasteiger partial charge in [-0.05, 0) is 48.7 Å². The predicted octanol–water partition coefficient (Wildman–Crippen LogP) is 5.00. The molecule has 3 aromatic carbocycles. The van der Waals surface area contributed by atoms with Crippen molar-refractivity contribution in [1.29, 1.82) is 0 Å². The van der Waals surface area contributed by atoms with Gasteiger partial charge in [0.15, 0.2) is 0 Å². The minimum Gasteiger partial charge on any atom is -0.495 e. The van der Waals surface area contributed by atoms with E-state index in [-0.39, 0.29) is 12.2 Å². The lowest BCUT2D eigenvalue weighted by Crippen LogP contribution is -2.26. The number of methoxy groups -OCH3 is 1. The summed E-state index contributed by atoms with van der Waals surface area (Å²) < 4.78 is 23.9. The molecule has 6 heteroatoms. The Morgan fingerprint density at radius 1 is 1.00 bits per heavy atom. The Balaban J connectivity index is 1.74. The number of carbonyl (C=O) groups is 2. The monoisotopic (exact) mass is 421 g/mol. The number of hydrogen-bond acceptors (Lipinski definition) is 4. The highest BCUT2D eigenvalue weighted by Gasteiger charge is 2.26. The maximum Gasteiger partial charge on any atom is 0.307 e. The Bertz CT molecular complexity index is 1040. The molecule has 3 rings (SSSR count). The van der Waals surface area contributed by atoms with Crippen molar-refractivity contribution in [2.24, 2.45) is 0 Å². The van der Waals surface area contributed by atoms with E-state index in [9.17, 15) is 14.0 Å². The average molecular weight is 421 g/mol. The van der Waals surface area contributed by atoms with E-state index in [0.717, 1.165) is 11.1 Å². The third-order valence-corrected chi connectivity index (χ3v) is 4.73. The van der Waals surface area contributed by atoms with Crippen molar-refractivity contribution in [1.82, 2.24) is 0 Å². The van der Waals surface area contributed by atoms with Crippen LogP contribution in [0.2, 0.25) is 0 Å². The standard InChI is InChI=1S/C25H24FNO4/c1-17-8-14-22(30-2)21(16-17)27-25(29)24(19-6-4-3-5-7-19)31-23(28)15-11-18-9-12-20(26)13-10-18/h3-10,12-14,16,24H,11,15H2,1-2H3,(H,27,29). The molecule has 0 saturated heterocycles. The van der Waals surface area contributed by atoms with Crippen LogP contribution in [0.1, 0.15) is 29.2 Å². The number of amides is 1. The van der Waals surface area contributed by atoms with Crippen molar-refractivity contribution in [2.45, 2.75) is 25.9 Å². The van der Waals surface area contributed by atoms with E-state index in [2.05, 4.69) is 5.32 Å². The van der Waals surface area contributed by atoms with Crippen LogP contribution in [0.25, 0.3) is 0 Å². The molecule has 0 saturated carbocycles. The summed E-state index contributed by atoms with van der Waals surface area (Å²) in [7, 11) is 1.52. The summed E-state index contributed by atoms with van der Waals surface area (Å²) >= 11 is 0. The van der Waals surface area contributed by atoms with Gasteiger partial charge in [-0.3, -0.25) is 9.59 Å². The second-order valence-electron chi connectivity index (χ2n) is 7.10. The minimum atomic E-state index is -1.12. The molecule has 160 valence electrons. The smallest absolute Gasteiger partial charge is 0.307 e. The van der Waals surface area contributed by atoms with Gasteiger partial charge in [0.1, 0.15) is 11.6 Å². The lowest BCUT2D eigenvalue weighted by atomic mass is 10.1. The number of rotatable bonds is 8. The summed E-state index contributed by atoms with van der Waals surface area (Å²) in [6.07, 6.45) is -0.670. The fourth-order valence-electron chi connectivity index (χ4n) is 3.11. The highest BCUT2D eigenvalue weighted by Crippen LogP contribution is 2.28. The first-order valence-corrected chi connectivity index (χ1v) is 9.90. The zero-order chi connectivity index (χ0) is 22.2. The van der Waals surface area contributed by atoms with E-state index in [1.807, 2.05) is 19.1 Å². The lowest BCUT2D eigenvalue weighted by Gasteiger charge is -2.19. The van der Waals surface area contributed by atoms with Crippen LogP contribution in [0, 0.1) is 12.7 Å². The van der Waals surface area contributed by atoms with Crippen molar-refractivity contribution < 1.29 is 23.5 Å². The highest BCUT2D eigenvalue weighted by atomic mass is 19.1. The van der Waals surface area contributed by atoms with Crippen molar-refractivity contribution in [3.63, 3.8) is 0 Å². The van der Waals surface area contributed by atoms with Crippen LogP contribution in [-0.4, -0.2) is 19.0 Å². The van der Waals surface area contributed by atoms with E-state index in [0.29, 0.717) is 23.4 Å². The second-order valence-corrected chi connectivity index (χ2v) is 7.10. The number of carbonyl (C=O) groups excluding carboxylic acids is 2. The molecule has 1 N–H and O–H groups in total. The molecule has 1 unspecified atom stereocenters. The molecule has 1 amide bonds. The fraction of sp³-hybridized carbons (Fsp3) is 0.200. The quantitative estimate of drug-likeness (QED) is 0.520. The number of ether oxygens (including phenoxy) is 2. The van der Waals surface area contributed by atoms with Gasteiger partial charge in [-0.2, -0.15) is 0 Å². The molecular formula is C25H24FNO4. The Morgan fingerprint density at radius 2 is 1.71 bits per heavy atom. The zero-order valence-electron chi connectivity index (χ0n) is 17.4. The summed E-state index contributed by atoms with van der Waals surface area (Å²) in [5.74, 6) is -0.832. The van der Waals surface area contributed by atoms with Crippen molar-refractivity contribution in [3.05, 3.63) is 95.3 Å². The summed E-state index contributed by atoms with van der Waals surface area (Å²) in [4.78, 5) is 25.6. The molecule has 0 heterocycles. The first-order valence-electron chi connectivity index (χ1n) is 9.90. The van der Waals surface area contributed by atoms with Crippen LogP contribution in [0.4, 0.5) is 10.1 Å². The van der Waals surface area contributed by atoms with Gasteiger partial charge >= 0.3 is 5.97 Å². The molecule has 0 radical (unpaired) electrons. The van der Waals surface area contributed by atoms with Crippen LogP contribution < -0.4 is 10.1 Å². The largest absolute Gasteiger partial charge is 0.495 e. The molecular weight excluding hydrogens is 397 g/mol. The number of anilines is 1. The van der Waals surface area contributed by atoms with Gasteiger partial charge < -0.3 is 14.8 Å². The van der Waals surface area contributed by atoms with E-state index < -0.39 is 18.0 Å². The number of benzene rings is 3. The number of nitrogens with one attached hydrogen (secondary N) is 1. The fourth-order valence-corrected chi connectivity index (χ4v) is 3.11. The molecule has 0 aliphatic rings. The number of halogens is 1. The van der Waals surface area contributed by atoms with Gasteiger partial charge in [-0.1, -0.05) is 48.5 Å². The van der Waals surface area contributed by atoms with Gasteiger partial charge in [0.2, 0.25) is 6.10 Å². The van der Waals surface area contributed by atoms with Gasteiger partial charge in [0.05, 0.1) is 12.8 Å². The molecule has 5 nitrogen and oxygen atoms in total. The van der Waals surface area contributed by atoms with Gasteiger partial charge in [0.25, 0.3) is 5.91 Å². The Kier molecular flexibility index (Phi) is 7.38. The molecule has 0 fully saturated rings. The normalized spacial score (nSPS) is 11.5. The Hall–Kier alpha value is -3.67. The molecule has 0 aliphatic heterocycles. The summed E-state index contributed by atoms with van der Waals surface area (Å²) in [5.41, 5.74) is 2.81. The van der Waals surface area contributed by atoms with Gasteiger partial charge in [-0.15, -0.1) is 0 Å². The zero-order valence-corrected chi connectivity index (χ0v) is 17.4. The third kappa shape index (κ3) is 6.15. The predicted molar refractivity (Wildman–Crippen MR) is 116 cm³/mol. The van der Waals surface area contributed by atoms with Crippen LogP contribution in [0.3, 0.4) is 0 Å². The van der Waals surface area contributed by atoms with Crippen LogP contribution >= 0.6 is 0 Å². The maximum absolute atomic E-state index is 13.1. The van der Waals surface area contributed by atoms with Crippen molar-refractivity contribution in [2.75, 3.05) is 12.4 Å². The highest BCUT2D eigenvalue weighted by molar-refractivity contribution is 5.97. The molecule has 1 atom stereocenters. The van der Waals surface area contributed by atoms with E-state index >= 15 is 0 Å². The van der Waals surface area contributed by atoms with Gasteiger partial charge in [-0.25, -0.2) is 4.39 Å². The van der Waals surface area contributed by atoms with E-state index in [1.165, 1.54) is 19.2 Å². The van der Waals surface area contributed by atoms with E-state index in [4.69, 9.17) is 9.47 Å². The summed E-state index contributed by atoms with van der Waals surface area (Å²) in [6.45, 7) is 1.90. The molecule has 0 aliphatic carbocycles. The molecule has 31 heavy (non-hydrogen) atoms. The summed E-state index contributed by atoms with van der Waals surface area (Å²) in [5, 5.41) is 2.80. The summed E-state index contributed by atoms with van der Waals surface area (Å²) in [6, 6.07) is 20.2. The molecule has 0 aromatic heterocycles. The topological polar surface area (TPSA) is 64.6 Å². The first-order chi connectivity index (χ1) is 15.0. The van der Waals surface area contributed by atoms with Crippen molar-refractivity contribution in [3.8, 4) is 5.75 Å². The lowest BCUT2D eigenvalue weighted by molar-refractivity contribution is -0.154. The average Bonchev–Trinajstić information content (AvgIpc) is 2.78. The molecule has 0 spiro atoms. The molecule has 3 aromatic rings. The van der Waals surface area contributed by atoms with Crippen LogP contribution in [-0.2, 0) is 20.7 Å². The number of esters is 1. The van der Waals surface area contributed by atoms with E-state index in [1.54, 1.807) is 48.5 Å². The maximum atomic E-state index is 13.1. The van der Waals surface area contributed by atoms with Crippen LogP contribution in [0.5, 0.6) is 5.75 Å². The van der Waals surface area contributed by atoms with Crippen LogP contribution in [0.15, 0.2) is 72.8 Å². The van der Waals surface area contributed by atoms with Crippen molar-refractivity contribution >= 4 is 17.6 Å². The molecule has 0 bridgehead atoms. The number of hydrogen-bond donors (Lipinski definition) is 1. The minimum absolute atomic E-state index is 0.0655. The third-order valence-electron chi connectivity index (χ3n) is 4.73. The SMILES string of the molecule is COc1ccc(C)cc1NC(=O)C(OC(=O)CCc1ccc(F)cc1)c1ccccc1.